The molecule has 0 spiro atoms. The van der Waals surface area contributed by atoms with Crippen LogP contribution in [0.4, 0.5) is 11.6 Å². The van der Waals surface area contributed by atoms with E-state index < -0.39 is 0 Å². The van der Waals surface area contributed by atoms with Crippen molar-refractivity contribution in [3.63, 3.8) is 0 Å². The number of rotatable bonds is 4. The van der Waals surface area contributed by atoms with Gasteiger partial charge in [0.2, 0.25) is 18.2 Å². The summed E-state index contributed by atoms with van der Waals surface area (Å²) in [6.45, 7) is 4.05. The zero-order valence-electron chi connectivity index (χ0n) is 11.5. The van der Waals surface area contributed by atoms with E-state index in [9.17, 15) is 5.11 Å². The quantitative estimate of drug-likeness (QED) is 0.918. The van der Waals surface area contributed by atoms with Crippen LogP contribution in [0.1, 0.15) is 38.3 Å². The minimum atomic E-state index is -0.0666. The molecule has 6 heteroatoms. The van der Waals surface area contributed by atoms with Crippen LogP contribution in [0.2, 0.25) is 0 Å². The van der Waals surface area contributed by atoms with Crippen LogP contribution in [0.3, 0.4) is 0 Å². The number of anilines is 2. The number of hydrogen-bond donors (Lipinski definition) is 1. The summed E-state index contributed by atoms with van der Waals surface area (Å²) in [5.74, 6) is 0.658. The number of aromatic nitrogens is 4. The highest BCUT2D eigenvalue weighted by Crippen LogP contribution is 2.42. The first-order valence-electron chi connectivity index (χ1n) is 6.71. The normalized spacial score (nSPS) is 14.6. The SMILES string of the molecule is CC(C)c1n[c]nc(O)c1N(c1ncccn1)C1CC1. The van der Waals surface area contributed by atoms with Gasteiger partial charge in [0.05, 0.1) is 5.69 Å². The Bertz CT molecular complexity index is 598. The van der Waals surface area contributed by atoms with Crippen LogP contribution < -0.4 is 4.90 Å². The van der Waals surface area contributed by atoms with Crippen molar-refractivity contribution in [2.45, 2.75) is 38.6 Å². The van der Waals surface area contributed by atoms with Gasteiger partial charge >= 0.3 is 0 Å². The second kappa shape index (κ2) is 5.03. The molecule has 1 N–H and O–H groups in total. The van der Waals surface area contributed by atoms with Crippen LogP contribution in [0.25, 0.3) is 0 Å². The average molecular weight is 270 g/mol. The second-order valence-corrected chi connectivity index (χ2v) is 5.19. The van der Waals surface area contributed by atoms with Crippen molar-refractivity contribution in [2.75, 3.05) is 4.90 Å². The number of hydrogen-bond acceptors (Lipinski definition) is 6. The Morgan fingerprint density at radius 3 is 2.55 bits per heavy atom. The summed E-state index contributed by atoms with van der Waals surface area (Å²) < 4.78 is 0. The van der Waals surface area contributed by atoms with Gasteiger partial charge in [0.1, 0.15) is 5.69 Å². The molecule has 2 heterocycles. The van der Waals surface area contributed by atoms with Gasteiger partial charge in [-0.2, -0.15) is 4.98 Å². The molecule has 2 aromatic heterocycles. The zero-order chi connectivity index (χ0) is 14.1. The van der Waals surface area contributed by atoms with Crippen LogP contribution in [0, 0.1) is 6.33 Å². The first-order valence-corrected chi connectivity index (χ1v) is 6.71. The van der Waals surface area contributed by atoms with E-state index in [4.69, 9.17) is 0 Å². The third-order valence-electron chi connectivity index (χ3n) is 3.25. The van der Waals surface area contributed by atoms with E-state index in [1.54, 1.807) is 18.5 Å². The molecule has 1 aliphatic carbocycles. The Hall–Kier alpha value is -2.24. The van der Waals surface area contributed by atoms with E-state index in [2.05, 4.69) is 26.3 Å². The van der Waals surface area contributed by atoms with E-state index in [1.165, 1.54) is 0 Å². The van der Waals surface area contributed by atoms with E-state index in [0.717, 1.165) is 18.5 Å². The predicted molar refractivity (Wildman–Crippen MR) is 73.8 cm³/mol. The maximum absolute atomic E-state index is 10.2. The van der Waals surface area contributed by atoms with Gasteiger partial charge < -0.3 is 10.0 Å². The fourth-order valence-corrected chi connectivity index (χ4v) is 2.17. The van der Waals surface area contributed by atoms with E-state index in [1.807, 2.05) is 18.7 Å². The van der Waals surface area contributed by atoms with Crippen molar-refractivity contribution >= 4 is 11.6 Å². The van der Waals surface area contributed by atoms with Crippen molar-refractivity contribution in [1.82, 2.24) is 19.9 Å². The number of aromatic hydroxyl groups is 1. The van der Waals surface area contributed by atoms with Crippen LogP contribution >= 0.6 is 0 Å². The van der Waals surface area contributed by atoms with Crippen LogP contribution in [-0.4, -0.2) is 31.1 Å². The minimum Gasteiger partial charge on any atom is -0.492 e. The molecule has 103 valence electrons. The van der Waals surface area contributed by atoms with Gasteiger partial charge in [-0.3, -0.25) is 0 Å². The molecule has 20 heavy (non-hydrogen) atoms. The molecule has 1 aliphatic rings. The molecule has 1 radical (unpaired) electrons. The molecular weight excluding hydrogens is 254 g/mol. The Balaban J connectivity index is 2.13. The van der Waals surface area contributed by atoms with E-state index in [-0.39, 0.29) is 11.8 Å². The van der Waals surface area contributed by atoms with Gasteiger partial charge in [-0.1, -0.05) is 13.8 Å². The van der Waals surface area contributed by atoms with Gasteiger partial charge in [0.25, 0.3) is 0 Å². The smallest absolute Gasteiger partial charge is 0.239 e. The Morgan fingerprint density at radius 2 is 1.95 bits per heavy atom. The lowest BCUT2D eigenvalue weighted by molar-refractivity contribution is 0.449. The predicted octanol–water partition coefficient (Wildman–Crippen LogP) is 2.20. The fourth-order valence-electron chi connectivity index (χ4n) is 2.17. The minimum absolute atomic E-state index is 0.0666. The topological polar surface area (TPSA) is 75.0 Å². The highest BCUT2D eigenvalue weighted by molar-refractivity contribution is 5.67. The van der Waals surface area contributed by atoms with E-state index in [0.29, 0.717) is 17.7 Å². The summed E-state index contributed by atoms with van der Waals surface area (Å²) in [6.07, 6.45) is 7.99. The summed E-state index contributed by atoms with van der Waals surface area (Å²) in [6, 6.07) is 2.07. The average Bonchev–Trinajstić information content (AvgIpc) is 3.26. The standard InChI is InChI=1S/C14H16N5O/c1-9(2)11-12(13(20)18-8-17-11)19(10-4-5-10)14-15-6-3-7-16-14/h3,6-7,9-10H,4-5H2,1-2H3,(H,17,18,20). The van der Waals surface area contributed by atoms with Crippen LogP contribution in [0.5, 0.6) is 5.88 Å². The lowest BCUT2D eigenvalue weighted by Crippen LogP contribution is -2.24. The lowest BCUT2D eigenvalue weighted by atomic mass is 10.1. The van der Waals surface area contributed by atoms with Crippen molar-refractivity contribution in [1.29, 1.82) is 0 Å². The largest absolute Gasteiger partial charge is 0.492 e. The summed E-state index contributed by atoms with van der Waals surface area (Å²) in [4.78, 5) is 18.5. The maximum Gasteiger partial charge on any atom is 0.239 e. The Labute approximate surface area is 117 Å². The van der Waals surface area contributed by atoms with Gasteiger partial charge in [0.15, 0.2) is 0 Å². The first kappa shape index (κ1) is 12.8. The van der Waals surface area contributed by atoms with Gasteiger partial charge in [0, 0.05) is 18.4 Å². The molecule has 6 nitrogen and oxygen atoms in total. The lowest BCUT2D eigenvalue weighted by Gasteiger charge is -2.25. The van der Waals surface area contributed by atoms with Crippen LogP contribution in [0.15, 0.2) is 18.5 Å². The molecule has 0 unspecified atom stereocenters. The first-order chi connectivity index (χ1) is 9.68. The van der Waals surface area contributed by atoms with E-state index >= 15 is 0 Å². The third-order valence-corrected chi connectivity index (χ3v) is 3.25. The summed E-state index contributed by atoms with van der Waals surface area (Å²) in [5.41, 5.74) is 1.37. The summed E-state index contributed by atoms with van der Waals surface area (Å²) >= 11 is 0. The van der Waals surface area contributed by atoms with Crippen molar-refractivity contribution in [3.8, 4) is 5.88 Å². The highest BCUT2D eigenvalue weighted by Gasteiger charge is 2.36. The molecular formula is C14H16N5O. The molecule has 3 rings (SSSR count). The molecule has 0 aromatic carbocycles. The zero-order valence-corrected chi connectivity index (χ0v) is 11.5. The molecule has 0 amide bonds. The highest BCUT2D eigenvalue weighted by atomic mass is 16.3. The molecule has 1 fully saturated rings. The van der Waals surface area contributed by atoms with Crippen molar-refractivity contribution in [3.05, 3.63) is 30.5 Å². The monoisotopic (exact) mass is 270 g/mol. The number of nitrogens with zero attached hydrogens (tertiary/aromatic N) is 5. The molecule has 2 aromatic rings. The Kier molecular flexibility index (Phi) is 3.22. The maximum atomic E-state index is 10.2. The third kappa shape index (κ3) is 2.29. The molecule has 0 atom stereocenters. The molecule has 0 bridgehead atoms. The van der Waals surface area contributed by atoms with Crippen molar-refractivity contribution in [2.24, 2.45) is 0 Å². The Morgan fingerprint density at radius 1 is 1.25 bits per heavy atom. The molecule has 0 saturated heterocycles. The second-order valence-electron chi connectivity index (χ2n) is 5.19. The molecule has 1 saturated carbocycles. The molecule has 0 aliphatic heterocycles. The summed E-state index contributed by atoms with van der Waals surface area (Å²) in [5, 5.41) is 10.2. The van der Waals surface area contributed by atoms with Gasteiger partial charge in [-0.15, -0.1) is 0 Å². The summed E-state index contributed by atoms with van der Waals surface area (Å²) in [7, 11) is 0. The van der Waals surface area contributed by atoms with Gasteiger partial charge in [-0.05, 0) is 24.8 Å². The van der Waals surface area contributed by atoms with Crippen molar-refractivity contribution < 1.29 is 5.11 Å². The van der Waals surface area contributed by atoms with Crippen LogP contribution in [-0.2, 0) is 0 Å². The van der Waals surface area contributed by atoms with Gasteiger partial charge in [-0.25, -0.2) is 15.0 Å². The fraction of sp³-hybridized carbons (Fsp3) is 0.429.